The molecule has 0 aliphatic rings. The minimum absolute atomic E-state index is 0.236. The Kier molecular flexibility index (Phi) is 3.20. The average Bonchev–Trinajstić information content (AvgIpc) is 2.94. The molecule has 2 heterocycles. The first-order valence-corrected chi connectivity index (χ1v) is 6.26. The van der Waals surface area contributed by atoms with Gasteiger partial charge in [-0.1, -0.05) is 12.1 Å². The molecule has 0 saturated heterocycles. The van der Waals surface area contributed by atoms with Crippen LogP contribution in [0.5, 0.6) is 0 Å². The van der Waals surface area contributed by atoms with Crippen LogP contribution in [0.25, 0.3) is 5.65 Å². The Morgan fingerprint density at radius 2 is 2.05 bits per heavy atom. The fourth-order valence-corrected chi connectivity index (χ4v) is 1.96. The molecule has 0 aliphatic heterocycles. The fraction of sp³-hybridized carbons (Fsp3) is 0.143. The summed E-state index contributed by atoms with van der Waals surface area (Å²) in [6, 6.07) is 6.37. The van der Waals surface area contributed by atoms with Crippen LogP contribution in [0, 0.1) is 5.82 Å². The van der Waals surface area contributed by atoms with E-state index in [0.29, 0.717) is 12.4 Å². The third kappa shape index (κ3) is 2.40. The third-order valence-electron chi connectivity index (χ3n) is 3.00. The lowest BCUT2D eigenvalue weighted by Gasteiger charge is -2.09. The van der Waals surface area contributed by atoms with Crippen molar-refractivity contribution in [3.8, 4) is 0 Å². The van der Waals surface area contributed by atoms with Crippen molar-refractivity contribution >= 4 is 17.3 Å². The molecule has 0 amide bonds. The van der Waals surface area contributed by atoms with Crippen LogP contribution in [0.1, 0.15) is 5.56 Å². The summed E-state index contributed by atoms with van der Waals surface area (Å²) < 4.78 is 14.8. The molecule has 20 heavy (non-hydrogen) atoms. The Morgan fingerprint density at radius 1 is 1.25 bits per heavy atom. The van der Waals surface area contributed by atoms with Crippen molar-refractivity contribution in [3.05, 3.63) is 54.2 Å². The number of nitrogens with one attached hydrogen (secondary N) is 2. The monoisotopic (exact) mass is 271 g/mol. The van der Waals surface area contributed by atoms with Crippen LogP contribution < -0.4 is 10.6 Å². The Morgan fingerprint density at radius 3 is 2.80 bits per heavy atom. The van der Waals surface area contributed by atoms with E-state index in [1.807, 2.05) is 23.8 Å². The normalized spacial score (nSPS) is 10.7. The topological polar surface area (TPSA) is 54.2 Å². The Hall–Kier alpha value is -2.63. The molecule has 3 aromatic rings. The van der Waals surface area contributed by atoms with E-state index in [1.54, 1.807) is 18.3 Å². The maximum atomic E-state index is 12.9. The summed E-state index contributed by atoms with van der Waals surface area (Å²) in [7, 11) is 1.81. The lowest BCUT2D eigenvalue weighted by molar-refractivity contribution is 0.627. The van der Waals surface area contributed by atoms with Crippen molar-refractivity contribution in [1.29, 1.82) is 0 Å². The summed E-state index contributed by atoms with van der Waals surface area (Å²) >= 11 is 0. The molecule has 0 aliphatic carbocycles. The number of rotatable bonds is 4. The maximum absolute atomic E-state index is 12.9. The number of hydrogen-bond acceptors (Lipinski definition) is 4. The number of benzene rings is 1. The number of aromatic nitrogens is 3. The molecule has 0 radical (unpaired) electrons. The summed E-state index contributed by atoms with van der Waals surface area (Å²) in [4.78, 5) is 8.72. The highest BCUT2D eigenvalue weighted by Gasteiger charge is 2.06. The lowest BCUT2D eigenvalue weighted by atomic mass is 10.2. The molecule has 1 aromatic carbocycles. The molecule has 2 N–H and O–H groups in total. The average molecular weight is 271 g/mol. The highest BCUT2D eigenvalue weighted by Crippen LogP contribution is 2.17. The van der Waals surface area contributed by atoms with Crippen LogP contribution in [0.3, 0.4) is 0 Å². The van der Waals surface area contributed by atoms with Gasteiger partial charge in [0.2, 0.25) is 0 Å². The van der Waals surface area contributed by atoms with Crippen molar-refractivity contribution in [2.75, 3.05) is 17.7 Å². The van der Waals surface area contributed by atoms with Gasteiger partial charge in [-0.3, -0.25) is 0 Å². The molecule has 0 saturated carbocycles. The van der Waals surface area contributed by atoms with Gasteiger partial charge in [-0.05, 0) is 17.7 Å². The maximum Gasteiger partial charge on any atom is 0.180 e. The van der Waals surface area contributed by atoms with Crippen molar-refractivity contribution in [2.24, 2.45) is 0 Å². The smallest absolute Gasteiger partial charge is 0.180 e. The number of anilines is 2. The van der Waals surface area contributed by atoms with Gasteiger partial charge in [-0.25, -0.2) is 14.4 Å². The van der Waals surface area contributed by atoms with Crippen molar-refractivity contribution in [3.63, 3.8) is 0 Å². The first-order valence-electron chi connectivity index (χ1n) is 6.26. The van der Waals surface area contributed by atoms with Crippen LogP contribution >= 0.6 is 0 Å². The van der Waals surface area contributed by atoms with Gasteiger partial charge in [0.1, 0.15) is 11.6 Å². The van der Waals surface area contributed by atoms with Crippen LogP contribution in [-0.2, 0) is 6.54 Å². The molecule has 102 valence electrons. The predicted molar refractivity (Wildman–Crippen MR) is 76.3 cm³/mol. The second-order valence-electron chi connectivity index (χ2n) is 4.36. The van der Waals surface area contributed by atoms with Gasteiger partial charge < -0.3 is 15.0 Å². The van der Waals surface area contributed by atoms with Gasteiger partial charge in [0, 0.05) is 26.0 Å². The molecule has 3 rings (SSSR count). The Bertz CT molecular complexity index is 720. The molecule has 0 spiro atoms. The van der Waals surface area contributed by atoms with Crippen LogP contribution in [0.4, 0.5) is 16.0 Å². The van der Waals surface area contributed by atoms with E-state index in [2.05, 4.69) is 20.6 Å². The van der Waals surface area contributed by atoms with E-state index in [4.69, 9.17) is 0 Å². The molecule has 0 fully saturated rings. The van der Waals surface area contributed by atoms with Gasteiger partial charge in [0.25, 0.3) is 0 Å². The lowest BCUT2D eigenvalue weighted by Crippen LogP contribution is -2.06. The second-order valence-corrected chi connectivity index (χ2v) is 4.36. The summed E-state index contributed by atoms with van der Waals surface area (Å²) in [6.07, 6.45) is 5.45. The fourth-order valence-electron chi connectivity index (χ4n) is 1.96. The van der Waals surface area contributed by atoms with E-state index < -0.39 is 0 Å². The van der Waals surface area contributed by atoms with Crippen LogP contribution in [-0.4, -0.2) is 21.4 Å². The molecule has 0 bridgehead atoms. The predicted octanol–water partition coefficient (Wildman–Crippen LogP) is 2.52. The zero-order valence-electron chi connectivity index (χ0n) is 11.0. The van der Waals surface area contributed by atoms with E-state index >= 15 is 0 Å². The van der Waals surface area contributed by atoms with Gasteiger partial charge >= 0.3 is 0 Å². The van der Waals surface area contributed by atoms with E-state index in [1.165, 1.54) is 12.1 Å². The van der Waals surface area contributed by atoms with E-state index in [-0.39, 0.29) is 5.82 Å². The molecule has 5 nitrogen and oxygen atoms in total. The highest BCUT2D eigenvalue weighted by atomic mass is 19.1. The zero-order valence-corrected chi connectivity index (χ0v) is 11.0. The summed E-state index contributed by atoms with van der Waals surface area (Å²) in [5.41, 5.74) is 1.74. The summed E-state index contributed by atoms with van der Waals surface area (Å²) in [6.45, 7) is 0.558. The largest absolute Gasteiger partial charge is 0.372 e. The number of hydrogen-bond donors (Lipinski definition) is 2. The van der Waals surface area contributed by atoms with Gasteiger partial charge in [0.05, 0.1) is 6.20 Å². The quantitative estimate of drug-likeness (QED) is 0.765. The standard InChI is InChI=1S/C14H14FN5/c1-16-12-9-20-7-6-17-14(20)13(19-12)18-8-10-2-4-11(15)5-3-10/h2-7,9,16H,8H2,1H3,(H,18,19). The van der Waals surface area contributed by atoms with Crippen LogP contribution in [0.2, 0.25) is 0 Å². The first-order chi connectivity index (χ1) is 9.76. The first kappa shape index (κ1) is 12.4. The van der Waals surface area contributed by atoms with Gasteiger partial charge in [-0.2, -0.15) is 0 Å². The third-order valence-corrected chi connectivity index (χ3v) is 3.00. The number of nitrogens with zero attached hydrogens (tertiary/aromatic N) is 3. The van der Waals surface area contributed by atoms with E-state index in [0.717, 1.165) is 17.0 Å². The minimum atomic E-state index is -0.236. The zero-order chi connectivity index (χ0) is 13.9. The highest BCUT2D eigenvalue weighted by molar-refractivity contribution is 5.65. The molecule has 6 heteroatoms. The molecule has 2 aromatic heterocycles. The van der Waals surface area contributed by atoms with Crippen molar-refractivity contribution in [1.82, 2.24) is 14.4 Å². The number of fused-ring (bicyclic) bond motifs is 1. The van der Waals surface area contributed by atoms with Gasteiger partial charge in [-0.15, -0.1) is 0 Å². The van der Waals surface area contributed by atoms with Crippen LogP contribution in [0.15, 0.2) is 42.9 Å². The Labute approximate surface area is 115 Å². The number of imidazole rings is 1. The molecular weight excluding hydrogens is 257 g/mol. The summed E-state index contributed by atoms with van der Waals surface area (Å²) in [5, 5.41) is 6.23. The van der Waals surface area contributed by atoms with Crippen molar-refractivity contribution in [2.45, 2.75) is 6.54 Å². The van der Waals surface area contributed by atoms with E-state index in [9.17, 15) is 4.39 Å². The molecule has 0 atom stereocenters. The molecular formula is C14H14FN5. The van der Waals surface area contributed by atoms with Crippen molar-refractivity contribution < 1.29 is 4.39 Å². The SMILES string of the molecule is CNc1cn2ccnc2c(NCc2ccc(F)cc2)n1. The van der Waals surface area contributed by atoms with Gasteiger partial charge in [0.15, 0.2) is 11.5 Å². The second kappa shape index (κ2) is 5.16. The minimum Gasteiger partial charge on any atom is -0.372 e. The Balaban J connectivity index is 1.86. The summed E-state index contributed by atoms with van der Waals surface area (Å²) in [5.74, 6) is 1.20. The molecule has 0 unspecified atom stereocenters. The number of halogens is 1.